The molecule has 1 rings (SSSR count). The molecular weight excluding hydrogens is 156 g/mol. The van der Waals surface area contributed by atoms with Gasteiger partial charge in [0.05, 0.1) is 11.3 Å². The summed E-state index contributed by atoms with van der Waals surface area (Å²) < 4.78 is 1.59. The second-order valence-corrected chi connectivity index (χ2v) is 2.65. The molecule has 1 aromatic heterocycles. The molecule has 0 spiro atoms. The smallest absolute Gasteiger partial charge is 0.229 e. The summed E-state index contributed by atoms with van der Waals surface area (Å²) in [6.45, 7) is 3.47. The van der Waals surface area contributed by atoms with Crippen LogP contribution in [0.3, 0.4) is 0 Å². The van der Waals surface area contributed by atoms with Crippen molar-refractivity contribution in [3.05, 3.63) is 17.0 Å². The summed E-state index contributed by atoms with van der Waals surface area (Å²) >= 11 is 0. The largest absolute Gasteiger partial charge is 0.294 e. The van der Waals surface area contributed by atoms with E-state index in [-0.39, 0.29) is 0 Å². The third-order valence-electron chi connectivity index (χ3n) is 1.86. The zero-order valence-corrected chi connectivity index (χ0v) is 7.29. The molecule has 1 aromatic rings. The van der Waals surface area contributed by atoms with Crippen LogP contribution in [0, 0.1) is 13.8 Å². The number of aldehydes is 1. The summed E-state index contributed by atoms with van der Waals surface area (Å²) in [4.78, 5) is 21.3. The molecule has 0 bridgehead atoms. The van der Waals surface area contributed by atoms with Gasteiger partial charge in [0.2, 0.25) is 5.78 Å². The van der Waals surface area contributed by atoms with Crippen LogP contribution in [0.25, 0.3) is 0 Å². The first kappa shape index (κ1) is 8.64. The van der Waals surface area contributed by atoms with Crippen molar-refractivity contribution in [2.24, 2.45) is 7.05 Å². The van der Waals surface area contributed by atoms with Gasteiger partial charge in [0.1, 0.15) is 0 Å². The van der Waals surface area contributed by atoms with Crippen LogP contribution in [0.2, 0.25) is 0 Å². The van der Waals surface area contributed by atoms with Gasteiger partial charge in [-0.1, -0.05) is 0 Å². The van der Waals surface area contributed by atoms with E-state index >= 15 is 0 Å². The Balaban J connectivity index is 3.31. The lowest BCUT2D eigenvalue weighted by atomic mass is 10.1. The van der Waals surface area contributed by atoms with Crippen LogP contribution in [0.4, 0.5) is 0 Å². The van der Waals surface area contributed by atoms with Crippen LogP contribution in [0.5, 0.6) is 0 Å². The van der Waals surface area contributed by atoms with Gasteiger partial charge in [-0.3, -0.25) is 14.3 Å². The van der Waals surface area contributed by atoms with E-state index in [1.54, 1.807) is 25.6 Å². The van der Waals surface area contributed by atoms with Crippen molar-refractivity contribution in [2.75, 3.05) is 0 Å². The minimum absolute atomic E-state index is 0.316. The van der Waals surface area contributed by atoms with Crippen LogP contribution in [-0.4, -0.2) is 21.8 Å². The van der Waals surface area contributed by atoms with Crippen molar-refractivity contribution in [3.63, 3.8) is 0 Å². The molecule has 0 aliphatic rings. The third kappa shape index (κ3) is 1.15. The summed E-state index contributed by atoms with van der Waals surface area (Å²) in [7, 11) is 1.74. The molecule has 4 heteroatoms. The van der Waals surface area contributed by atoms with Gasteiger partial charge < -0.3 is 0 Å². The topological polar surface area (TPSA) is 52.0 Å². The second-order valence-electron chi connectivity index (χ2n) is 2.65. The summed E-state index contributed by atoms with van der Waals surface area (Å²) in [6.07, 6.45) is 0.316. The van der Waals surface area contributed by atoms with Crippen molar-refractivity contribution < 1.29 is 9.59 Å². The number of aryl methyl sites for hydroxylation is 2. The van der Waals surface area contributed by atoms with Gasteiger partial charge in [0.15, 0.2) is 6.29 Å². The first-order chi connectivity index (χ1) is 5.57. The first-order valence-corrected chi connectivity index (χ1v) is 3.57. The number of Topliss-reactive ketones (excluding diaryl/α,β-unsaturated/α-hetero) is 1. The summed E-state index contributed by atoms with van der Waals surface area (Å²) in [5, 5.41) is 4.02. The molecule has 0 saturated heterocycles. The molecule has 0 unspecified atom stereocenters. The van der Waals surface area contributed by atoms with Gasteiger partial charge in [0.25, 0.3) is 0 Å². The number of carbonyl (C=O) groups excluding carboxylic acids is 2. The highest BCUT2D eigenvalue weighted by atomic mass is 16.2. The van der Waals surface area contributed by atoms with Gasteiger partial charge in [-0.25, -0.2) is 0 Å². The van der Waals surface area contributed by atoms with Crippen molar-refractivity contribution in [3.8, 4) is 0 Å². The van der Waals surface area contributed by atoms with E-state index in [4.69, 9.17) is 0 Å². The molecule has 0 amide bonds. The molecule has 12 heavy (non-hydrogen) atoms. The highest BCUT2D eigenvalue weighted by Crippen LogP contribution is 2.11. The van der Waals surface area contributed by atoms with E-state index in [0.29, 0.717) is 17.5 Å². The Morgan fingerprint density at radius 2 is 2.08 bits per heavy atom. The monoisotopic (exact) mass is 166 g/mol. The molecular formula is C8H10N2O2. The lowest BCUT2D eigenvalue weighted by molar-refractivity contribution is -0.104. The third-order valence-corrected chi connectivity index (χ3v) is 1.86. The maximum absolute atomic E-state index is 11.0. The number of hydrogen-bond acceptors (Lipinski definition) is 3. The van der Waals surface area contributed by atoms with E-state index < -0.39 is 5.78 Å². The van der Waals surface area contributed by atoms with Crippen LogP contribution in [-0.2, 0) is 11.8 Å². The van der Waals surface area contributed by atoms with Crippen LogP contribution >= 0.6 is 0 Å². The predicted octanol–water partition coefficient (Wildman–Crippen LogP) is 0.419. The Morgan fingerprint density at radius 1 is 1.50 bits per heavy atom. The minimum atomic E-state index is -0.502. The Kier molecular flexibility index (Phi) is 2.08. The molecule has 0 saturated carbocycles. The normalized spacial score (nSPS) is 9.92. The Hall–Kier alpha value is -1.45. The van der Waals surface area contributed by atoms with Gasteiger partial charge in [-0.2, -0.15) is 5.10 Å². The fourth-order valence-electron chi connectivity index (χ4n) is 1.19. The van der Waals surface area contributed by atoms with Gasteiger partial charge in [0, 0.05) is 12.7 Å². The van der Waals surface area contributed by atoms with E-state index in [1.165, 1.54) is 0 Å². The molecule has 4 nitrogen and oxygen atoms in total. The SMILES string of the molecule is Cc1nn(C)c(C)c1C(=O)C=O. The maximum Gasteiger partial charge on any atom is 0.229 e. The van der Waals surface area contributed by atoms with E-state index in [2.05, 4.69) is 5.10 Å². The van der Waals surface area contributed by atoms with Gasteiger partial charge in [-0.15, -0.1) is 0 Å². The highest BCUT2D eigenvalue weighted by molar-refractivity contribution is 6.34. The Bertz CT molecular complexity index is 339. The number of ketones is 1. The average Bonchev–Trinajstić information content (AvgIpc) is 2.26. The number of hydrogen-bond donors (Lipinski definition) is 0. The van der Waals surface area contributed by atoms with Crippen LogP contribution in [0.15, 0.2) is 0 Å². The van der Waals surface area contributed by atoms with Crippen molar-refractivity contribution in [1.82, 2.24) is 9.78 Å². The fraction of sp³-hybridized carbons (Fsp3) is 0.375. The zero-order chi connectivity index (χ0) is 9.30. The lowest BCUT2D eigenvalue weighted by Crippen LogP contribution is -2.03. The Morgan fingerprint density at radius 3 is 2.42 bits per heavy atom. The minimum Gasteiger partial charge on any atom is -0.294 e. The van der Waals surface area contributed by atoms with E-state index in [1.807, 2.05) is 0 Å². The number of carbonyl (C=O) groups is 2. The van der Waals surface area contributed by atoms with Crippen molar-refractivity contribution in [2.45, 2.75) is 13.8 Å². The second kappa shape index (κ2) is 2.89. The fourth-order valence-corrected chi connectivity index (χ4v) is 1.19. The summed E-state index contributed by atoms with van der Waals surface area (Å²) in [6, 6.07) is 0. The molecule has 0 radical (unpaired) electrons. The number of aromatic nitrogens is 2. The molecule has 0 N–H and O–H groups in total. The predicted molar refractivity (Wildman–Crippen MR) is 43.1 cm³/mol. The lowest BCUT2D eigenvalue weighted by Gasteiger charge is -1.93. The van der Waals surface area contributed by atoms with Gasteiger partial charge in [-0.05, 0) is 13.8 Å². The zero-order valence-electron chi connectivity index (χ0n) is 7.29. The molecule has 0 aliphatic heterocycles. The molecule has 0 fully saturated rings. The molecule has 64 valence electrons. The van der Waals surface area contributed by atoms with E-state index in [0.717, 1.165) is 5.69 Å². The van der Waals surface area contributed by atoms with Crippen molar-refractivity contribution >= 4 is 12.1 Å². The van der Waals surface area contributed by atoms with Crippen LogP contribution < -0.4 is 0 Å². The summed E-state index contributed by atoms with van der Waals surface area (Å²) in [5.74, 6) is -0.502. The standard InChI is InChI=1S/C8H10N2O2/c1-5-8(7(12)4-11)6(2)10(3)9-5/h4H,1-3H3. The molecule has 0 aliphatic carbocycles. The first-order valence-electron chi connectivity index (χ1n) is 3.57. The molecule has 0 aromatic carbocycles. The van der Waals surface area contributed by atoms with Crippen LogP contribution in [0.1, 0.15) is 21.7 Å². The average molecular weight is 166 g/mol. The number of nitrogens with zero attached hydrogens (tertiary/aromatic N) is 2. The highest BCUT2D eigenvalue weighted by Gasteiger charge is 2.15. The van der Waals surface area contributed by atoms with Crippen molar-refractivity contribution in [1.29, 1.82) is 0 Å². The van der Waals surface area contributed by atoms with Gasteiger partial charge >= 0.3 is 0 Å². The quantitative estimate of drug-likeness (QED) is 0.363. The number of rotatable bonds is 2. The summed E-state index contributed by atoms with van der Waals surface area (Å²) in [5.41, 5.74) is 1.75. The molecule has 0 atom stereocenters. The van der Waals surface area contributed by atoms with E-state index in [9.17, 15) is 9.59 Å². The maximum atomic E-state index is 11.0. The Labute approximate surface area is 70.2 Å². The molecule has 1 heterocycles.